The molecule has 7 nitrogen and oxygen atoms in total. The summed E-state index contributed by atoms with van der Waals surface area (Å²) in [6.45, 7) is 8.54. The van der Waals surface area contributed by atoms with E-state index in [0.717, 1.165) is 0 Å². The summed E-state index contributed by atoms with van der Waals surface area (Å²) in [5, 5.41) is 3.90. The molecular formula is C14H24N4O3. The van der Waals surface area contributed by atoms with E-state index in [1.807, 2.05) is 27.7 Å². The van der Waals surface area contributed by atoms with Crippen LogP contribution in [0, 0.1) is 0 Å². The number of hydrogen-bond acceptors (Lipinski definition) is 6. The van der Waals surface area contributed by atoms with Crippen molar-refractivity contribution in [2.75, 3.05) is 13.1 Å². The Labute approximate surface area is 124 Å². The second-order valence-corrected chi connectivity index (χ2v) is 6.39. The summed E-state index contributed by atoms with van der Waals surface area (Å²) < 4.78 is 10.7. The number of aromatic nitrogens is 2. The number of aryl methyl sites for hydroxylation is 1. The third kappa shape index (κ3) is 3.93. The van der Waals surface area contributed by atoms with Crippen LogP contribution in [-0.4, -0.2) is 45.9 Å². The number of ether oxygens (including phenoxy) is 1. The van der Waals surface area contributed by atoms with Gasteiger partial charge in [0, 0.05) is 25.6 Å². The molecule has 0 spiro atoms. The Morgan fingerprint density at radius 3 is 2.81 bits per heavy atom. The fraction of sp³-hybridized carbons (Fsp3) is 0.786. The number of hydrogen-bond donors (Lipinski definition) is 1. The minimum atomic E-state index is -0.508. The van der Waals surface area contributed by atoms with Crippen molar-refractivity contribution < 1.29 is 14.1 Å². The number of nitrogens with zero attached hydrogens (tertiary/aromatic N) is 3. The molecule has 0 aliphatic carbocycles. The van der Waals surface area contributed by atoms with E-state index in [2.05, 4.69) is 10.1 Å². The predicted molar refractivity (Wildman–Crippen MR) is 76.8 cm³/mol. The zero-order chi connectivity index (χ0) is 15.6. The fourth-order valence-electron chi connectivity index (χ4n) is 2.29. The van der Waals surface area contributed by atoms with Crippen molar-refractivity contribution in [1.29, 1.82) is 0 Å². The van der Waals surface area contributed by atoms with Crippen molar-refractivity contribution in [2.24, 2.45) is 5.73 Å². The minimum absolute atomic E-state index is 0.0890. The molecule has 2 N–H and O–H groups in total. The largest absolute Gasteiger partial charge is 0.444 e. The van der Waals surface area contributed by atoms with Crippen LogP contribution in [0.15, 0.2) is 4.52 Å². The maximum Gasteiger partial charge on any atom is 0.410 e. The minimum Gasteiger partial charge on any atom is -0.444 e. The molecule has 1 aromatic heterocycles. The number of nitrogens with two attached hydrogens (primary N) is 1. The molecule has 1 fully saturated rings. The summed E-state index contributed by atoms with van der Waals surface area (Å²) in [5.41, 5.74) is 5.64. The molecule has 1 aliphatic heterocycles. The van der Waals surface area contributed by atoms with Gasteiger partial charge in [-0.05, 0) is 27.2 Å². The first-order valence-corrected chi connectivity index (χ1v) is 7.36. The number of amides is 1. The molecule has 2 atom stereocenters. The van der Waals surface area contributed by atoms with Crippen LogP contribution in [0.3, 0.4) is 0 Å². The lowest BCUT2D eigenvalue weighted by molar-refractivity contribution is 0.0175. The molecule has 2 unspecified atom stereocenters. The van der Waals surface area contributed by atoms with Crippen molar-refractivity contribution in [1.82, 2.24) is 15.0 Å². The third-order valence-corrected chi connectivity index (χ3v) is 3.44. The van der Waals surface area contributed by atoms with Crippen LogP contribution in [0.2, 0.25) is 0 Å². The van der Waals surface area contributed by atoms with Gasteiger partial charge < -0.3 is 19.9 Å². The summed E-state index contributed by atoms with van der Waals surface area (Å²) in [7, 11) is 0. The van der Waals surface area contributed by atoms with Crippen molar-refractivity contribution in [3.05, 3.63) is 11.7 Å². The van der Waals surface area contributed by atoms with Gasteiger partial charge in [0.15, 0.2) is 5.82 Å². The first kappa shape index (κ1) is 15.8. The Bertz CT molecular complexity index is 495. The van der Waals surface area contributed by atoms with Crippen LogP contribution < -0.4 is 5.73 Å². The molecule has 0 aromatic carbocycles. The van der Waals surface area contributed by atoms with Crippen LogP contribution in [0.1, 0.15) is 51.7 Å². The maximum absolute atomic E-state index is 12.2. The highest BCUT2D eigenvalue weighted by Crippen LogP contribution is 2.26. The Balaban J connectivity index is 2.07. The van der Waals surface area contributed by atoms with Crippen LogP contribution in [0.4, 0.5) is 4.79 Å². The number of piperidine rings is 1. The molecule has 1 amide bonds. The van der Waals surface area contributed by atoms with Crippen LogP contribution in [0.25, 0.3) is 0 Å². The lowest BCUT2D eigenvalue weighted by Crippen LogP contribution is -2.49. The zero-order valence-electron chi connectivity index (χ0n) is 13.1. The maximum atomic E-state index is 12.2. The molecule has 2 heterocycles. The van der Waals surface area contributed by atoms with Crippen LogP contribution in [0.5, 0.6) is 0 Å². The molecule has 7 heteroatoms. The summed E-state index contributed by atoms with van der Waals surface area (Å²) in [5.74, 6) is 1.03. The van der Waals surface area contributed by atoms with Gasteiger partial charge in [0.05, 0.1) is 5.92 Å². The average Bonchev–Trinajstić information content (AvgIpc) is 2.85. The highest BCUT2D eigenvalue weighted by Gasteiger charge is 2.35. The highest BCUT2D eigenvalue weighted by atomic mass is 16.6. The monoisotopic (exact) mass is 296 g/mol. The van der Waals surface area contributed by atoms with E-state index in [1.165, 1.54) is 0 Å². The molecular weight excluding hydrogens is 272 g/mol. The summed E-state index contributed by atoms with van der Waals surface area (Å²) in [6, 6.07) is -0.0890. The summed E-state index contributed by atoms with van der Waals surface area (Å²) in [6.07, 6.45) is 1.07. The van der Waals surface area contributed by atoms with E-state index >= 15 is 0 Å². The molecule has 0 bridgehead atoms. The topological polar surface area (TPSA) is 94.5 Å². The lowest BCUT2D eigenvalue weighted by Gasteiger charge is -2.35. The zero-order valence-corrected chi connectivity index (χ0v) is 13.1. The predicted octanol–water partition coefficient (Wildman–Crippen LogP) is 1.68. The van der Waals surface area contributed by atoms with Crippen molar-refractivity contribution in [3.63, 3.8) is 0 Å². The smallest absolute Gasteiger partial charge is 0.410 e. The van der Waals surface area contributed by atoms with Gasteiger partial charge in [-0.1, -0.05) is 12.1 Å². The summed E-state index contributed by atoms with van der Waals surface area (Å²) >= 11 is 0. The molecule has 1 aromatic rings. The van der Waals surface area contributed by atoms with Crippen LogP contribution >= 0.6 is 0 Å². The van der Waals surface area contributed by atoms with Gasteiger partial charge in [-0.25, -0.2) is 4.79 Å². The van der Waals surface area contributed by atoms with Crippen molar-refractivity contribution in [3.8, 4) is 0 Å². The van der Waals surface area contributed by atoms with Gasteiger partial charge in [0.25, 0.3) is 0 Å². The van der Waals surface area contributed by atoms with E-state index in [1.54, 1.807) is 4.90 Å². The first-order valence-electron chi connectivity index (χ1n) is 7.36. The van der Waals surface area contributed by atoms with Gasteiger partial charge in [-0.2, -0.15) is 4.98 Å². The molecule has 0 saturated carbocycles. The average molecular weight is 296 g/mol. The SMILES string of the molecule is CCc1noc(C2CN(C(=O)OC(C)(C)C)CCC2N)n1. The quantitative estimate of drug-likeness (QED) is 0.892. The Hall–Kier alpha value is -1.63. The summed E-state index contributed by atoms with van der Waals surface area (Å²) in [4.78, 5) is 18.2. The molecule has 0 radical (unpaired) electrons. The second kappa shape index (κ2) is 6.01. The Morgan fingerprint density at radius 2 is 2.24 bits per heavy atom. The second-order valence-electron chi connectivity index (χ2n) is 6.39. The van der Waals surface area contributed by atoms with Gasteiger partial charge in [-0.3, -0.25) is 0 Å². The van der Waals surface area contributed by atoms with Crippen LogP contribution in [-0.2, 0) is 11.2 Å². The molecule has 2 rings (SSSR count). The highest BCUT2D eigenvalue weighted by molar-refractivity contribution is 5.68. The number of rotatable bonds is 2. The normalized spacial score (nSPS) is 23.2. The van der Waals surface area contributed by atoms with Crippen molar-refractivity contribution >= 4 is 6.09 Å². The molecule has 118 valence electrons. The fourth-order valence-corrected chi connectivity index (χ4v) is 2.29. The molecule has 1 saturated heterocycles. The molecule has 21 heavy (non-hydrogen) atoms. The van der Waals surface area contributed by atoms with Gasteiger partial charge in [0.2, 0.25) is 5.89 Å². The number of likely N-dealkylation sites (tertiary alicyclic amines) is 1. The van der Waals surface area contributed by atoms with E-state index in [4.69, 9.17) is 15.0 Å². The first-order chi connectivity index (χ1) is 9.80. The Kier molecular flexibility index (Phi) is 4.51. The third-order valence-electron chi connectivity index (χ3n) is 3.44. The number of carbonyl (C=O) groups is 1. The van der Waals surface area contributed by atoms with Gasteiger partial charge >= 0.3 is 6.09 Å². The lowest BCUT2D eigenvalue weighted by atomic mass is 9.93. The van der Waals surface area contributed by atoms with Gasteiger partial charge in [-0.15, -0.1) is 0 Å². The van der Waals surface area contributed by atoms with Crippen molar-refractivity contribution in [2.45, 2.75) is 58.1 Å². The standard InChI is InChI=1S/C14H24N4O3/c1-5-11-16-12(21-17-11)9-8-18(7-6-10(9)15)13(19)20-14(2,3)4/h9-10H,5-8,15H2,1-4H3. The molecule has 1 aliphatic rings. The van der Waals surface area contributed by atoms with E-state index in [9.17, 15) is 4.79 Å². The Morgan fingerprint density at radius 1 is 1.52 bits per heavy atom. The van der Waals surface area contributed by atoms with E-state index in [-0.39, 0.29) is 18.1 Å². The number of carbonyl (C=O) groups excluding carboxylic acids is 1. The van der Waals surface area contributed by atoms with Gasteiger partial charge in [0.1, 0.15) is 5.60 Å². The van der Waals surface area contributed by atoms with E-state index < -0.39 is 5.60 Å². The van der Waals surface area contributed by atoms with E-state index in [0.29, 0.717) is 37.6 Å².